The van der Waals surface area contributed by atoms with Crippen LogP contribution in [0.4, 0.5) is 5.69 Å². The van der Waals surface area contributed by atoms with Crippen LogP contribution in [0.2, 0.25) is 0 Å². The second-order valence-corrected chi connectivity index (χ2v) is 8.14. The van der Waals surface area contributed by atoms with E-state index >= 15 is 0 Å². The molecule has 22 heavy (non-hydrogen) atoms. The van der Waals surface area contributed by atoms with E-state index in [9.17, 15) is 0 Å². The van der Waals surface area contributed by atoms with Gasteiger partial charge in [-0.2, -0.15) is 0 Å². The van der Waals surface area contributed by atoms with Crippen LogP contribution >= 0.6 is 12.2 Å². The van der Waals surface area contributed by atoms with E-state index < -0.39 is 0 Å². The minimum absolute atomic E-state index is 0.0487. The summed E-state index contributed by atoms with van der Waals surface area (Å²) in [4.78, 5) is 0. The molecule has 0 saturated carbocycles. The lowest BCUT2D eigenvalue weighted by Gasteiger charge is -2.34. The lowest BCUT2D eigenvalue weighted by molar-refractivity contribution is 0.268. The molecule has 0 amide bonds. The number of hydrogen-bond acceptors (Lipinski definition) is 1. The van der Waals surface area contributed by atoms with Gasteiger partial charge in [0.05, 0.1) is 0 Å². The first-order valence-corrected chi connectivity index (χ1v) is 8.14. The van der Waals surface area contributed by atoms with Gasteiger partial charge in [-0.05, 0) is 49.4 Å². The van der Waals surface area contributed by atoms with Crippen molar-refractivity contribution >= 4 is 33.8 Å². The van der Waals surface area contributed by atoms with Crippen LogP contribution in [0.15, 0.2) is 42.5 Å². The quantitative estimate of drug-likeness (QED) is 0.748. The van der Waals surface area contributed by atoms with Crippen molar-refractivity contribution in [2.24, 2.45) is 5.41 Å². The Morgan fingerprint density at radius 2 is 1.59 bits per heavy atom. The lowest BCUT2D eigenvalue weighted by atomic mass is 9.82. The molecule has 2 aromatic rings. The van der Waals surface area contributed by atoms with Gasteiger partial charge in [0.1, 0.15) is 0 Å². The Morgan fingerprint density at radius 1 is 0.955 bits per heavy atom. The third kappa shape index (κ3) is 4.70. The standard InChI is InChI=1S/C19H26N2S/c1-18(2,3)13-19(4,5)21-17(22)20-16-12-8-10-14-9-6-7-11-15(14)16/h6-12H,13H2,1-5H3,(H2,20,21,22). The van der Waals surface area contributed by atoms with Crippen molar-refractivity contribution in [2.45, 2.75) is 46.6 Å². The average molecular weight is 314 g/mol. The highest BCUT2D eigenvalue weighted by molar-refractivity contribution is 7.80. The van der Waals surface area contributed by atoms with E-state index in [2.05, 4.69) is 75.6 Å². The largest absolute Gasteiger partial charge is 0.358 e. The summed E-state index contributed by atoms with van der Waals surface area (Å²) in [7, 11) is 0. The van der Waals surface area contributed by atoms with Gasteiger partial charge in [-0.1, -0.05) is 57.2 Å². The molecule has 0 aliphatic rings. The molecule has 2 nitrogen and oxygen atoms in total. The fourth-order valence-electron chi connectivity index (χ4n) is 3.17. The van der Waals surface area contributed by atoms with E-state index in [0.29, 0.717) is 5.11 Å². The first-order valence-electron chi connectivity index (χ1n) is 7.73. The summed E-state index contributed by atoms with van der Waals surface area (Å²) < 4.78 is 0. The van der Waals surface area contributed by atoms with Gasteiger partial charge in [-0.15, -0.1) is 0 Å². The van der Waals surface area contributed by atoms with Crippen LogP contribution in [0.1, 0.15) is 41.0 Å². The molecule has 0 aliphatic carbocycles. The van der Waals surface area contributed by atoms with E-state index in [1.165, 1.54) is 10.8 Å². The van der Waals surface area contributed by atoms with Crippen LogP contribution < -0.4 is 10.6 Å². The topological polar surface area (TPSA) is 24.1 Å². The fraction of sp³-hybridized carbons (Fsp3) is 0.421. The summed E-state index contributed by atoms with van der Waals surface area (Å²) in [5.41, 5.74) is 1.25. The number of fused-ring (bicyclic) bond motifs is 1. The Kier molecular flexibility index (Phi) is 4.76. The zero-order valence-corrected chi connectivity index (χ0v) is 15.0. The van der Waals surface area contributed by atoms with Crippen LogP contribution in [0.3, 0.4) is 0 Å². The van der Waals surface area contributed by atoms with Gasteiger partial charge < -0.3 is 10.6 Å². The molecule has 0 spiro atoms. The third-order valence-electron chi connectivity index (χ3n) is 3.46. The van der Waals surface area contributed by atoms with Crippen LogP contribution in [0.25, 0.3) is 10.8 Å². The fourth-order valence-corrected chi connectivity index (χ4v) is 3.55. The Hall–Kier alpha value is -1.61. The molecule has 0 unspecified atom stereocenters. The predicted molar refractivity (Wildman–Crippen MR) is 101 cm³/mol. The van der Waals surface area contributed by atoms with Crippen molar-refractivity contribution in [1.82, 2.24) is 5.32 Å². The SMILES string of the molecule is CC(C)(C)CC(C)(C)NC(=S)Nc1cccc2ccccc12. The van der Waals surface area contributed by atoms with Crippen molar-refractivity contribution in [2.75, 3.05) is 5.32 Å². The molecule has 118 valence electrons. The van der Waals surface area contributed by atoms with Crippen molar-refractivity contribution in [3.8, 4) is 0 Å². The minimum atomic E-state index is -0.0487. The van der Waals surface area contributed by atoms with Crippen LogP contribution in [-0.4, -0.2) is 10.7 Å². The molecular formula is C19H26N2S. The molecule has 3 heteroatoms. The highest BCUT2D eigenvalue weighted by Gasteiger charge is 2.26. The van der Waals surface area contributed by atoms with Gasteiger partial charge in [0.25, 0.3) is 0 Å². The number of anilines is 1. The van der Waals surface area contributed by atoms with Crippen LogP contribution in [-0.2, 0) is 0 Å². The van der Waals surface area contributed by atoms with E-state index in [1.54, 1.807) is 0 Å². The molecule has 0 heterocycles. The Morgan fingerprint density at radius 3 is 2.27 bits per heavy atom. The zero-order valence-electron chi connectivity index (χ0n) is 14.2. The Bertz CT molecular complexity index is 663. The molecule has 2 rings (SSSR count). The highest BCUT2D eigenvalue weighted by atomic mass is 32.1. The summed E-state index contributed by atoms with van der Waals surface area (Å²) in [5, 5.41) is 9.86. The van der Waals surface area contributed by atoms with Crippen LogP contribution in [0, 0.1) is 5.41 Å². The van der Waals surface area contributed by atoms with Gasteiger partial charge in [0, 0.05) is 16.6 Å². The zero-order chi connectivity index (χ0) is 16.4. The molecule has 0 bridgehead atoms. The van der Waals surface area contributed by atoms with Crippen LogP contribution in [0.5, 0.6) is 0 Å². The van der Waals surface area contributed by atoms with Crippen molar-refractivity contribution < 1.29 is 0 Å². The van der Waals surface area contributed by atoms with E-state index in [0.717, 1.165) is 12.1 Å². The summed E-state index contributed by atoms with van der Waals surface area (Å²) in [6.45, 7) is 11.1. The Balaban J connectivity index is 2.11. The monoisotopic (exact) mass is 314 g/mol. The second-order valence-electron chi connectivity index (χ2n) is 7.73. The summed E-state index contributed by atoms with van der Waals surface area (Å²) in [5.74, 6) is 0. The number of nitrogens with one attached hydrogen (secondary N) is 2. The highest BCUT2D eigenvalue weighted by Crippen LogP contribution is 2.27. The van der Waals surface area contributed by atoms with E-state index in [4.69, 9.17) is 12.2 Å². The summed E-state index contributed by atoms with van der Waals surface area (Å²) >= 11 is 5.51. The van der Waals surface area contributed by atoms with Crippen molar-refractivity contribution in [3.05, 3.63) is 42.5 Å². The molecular weight excluding hydrogens is 288 g/mol. The number of benzene rings is 2. The van der Waals surface area contributed by atoms with Gasteiger partial charge >= 0.3 is 0 Å². The van der Waals surface area contributed by atoms with Crippen molar-refractivity contribution in [3.63, 3.8) is 0 Å². The van der Waals surface area contributed by atoms with Gasteiger partial charge in [-0.3, -0.25) is 0 Å². The number of hydrogen-bond donors (Lipinski definition) is 2. The summed E-state index contributed by atoms with van der Waals surface area (Å²) in [6.07, 6.45) is 1.04. The van der Waals surface area contributed by atoms with Gasteiger partial charge in [0.2, 0.25) is 0 Å². The average Bonchev–Trinajstić information content (AvgIpc) is 2.35. The lowest BCUT2D eigenvalue weighted by Crippen LogP contribution is -2.47. The third-order valence-corrected chi connectivity index (χ3v) is 3.67. The molecule has 0 saturated heterocycles. The van der Waals surface area contributed by atoms with Gasteiger partial charge in [0.15, 0.2) is 5.11 Å². The number of rotatable bonds is 3. The van der Waals surface area contributed by atoms with Crippen molar-refractivity contribution in [1.29, 1.82) is 0 Å². The molecule has 0 fully saturated rings. The first kappa shape index (κ1) is 16.8. The maximum atomic E-state index is 5.51. The Labute approximate surface area is 139 Å². The molecule has 2 aromatic carbocycles. The molecule has 0 radical (unpaired) electrons. The van der Waals surface area contributed by atoms with Gasteiger partial charge in [-0.25, -0.2) is 0 Å². The molecule has 0 aromatic heterocycles. The normalized spacial score (nSPS) is 12.2. The molecule has 0 atom stereocenters. The smallest absolute Gasteiger partial charge is 0.171 e. The van der Waals surface area contributed by atoms with E-state index in [1.807, 2.05) is 12.1 Å². The summed E-state index contributed by atoms with van der Waals surface area (Å²) in [6, 6.07) is 14.5. The predicted octanol–water partition coefficient (Wildman–Crippen LogP) is 5.34. The maximum absolute atomic E-state index is 5.51. The second kappa shape index (κ2) is 6.25. The number of thiocarbonyl (C=S) groups is 1. The van der Waals surface area contributed by atoms with E-state index in [-0.39, 0.29) is 11.0 Å². The molecule has 0 aliphatic heterocycles. The minimum Gasteiger partial charge on any atom is -0.358 e. The first-order chi connectivity index (χ1) is 10.2. The molecule has 2 N–H and O–H groups in total. The maximum Gasteiger partial charge on any atom is 0.171 e.